The molecule has 18 heavy (non-hydrogen) atoms. The smallest absolute Gasteiger partial charge is 0.0925 e. The Labute approximate surface area is 107 Å². The summed E-state index contributed by atoms with van der Waals surface area (Å²) in [6.45, 7) is 4.28. The normalized spacial score (nSPS) is 10.8. The van der Waals surface area contributed by atoms with Crippen molar-refractivity contribution in [2.24, 2.45) is 0 Å². The quantitative estimate of drug-likeness (QED) is 0.820. The molecule has 1 aromatic heterocycles. The number of hydrogen-bond donors (Lipinski definition) is 2. The first-order valence-electron chi connectivity index (χ1n) is 6.06. The van der Waals surface area contributed by atoms with Crippen LogP contribution in [0.1, 0.15) is 22.5 Å². The third kappa shape index (κ3) is 3.18. The van der Waals surface area contributed by atoms with Crippen molar-refractivity contribution in [3.05, 3.63) is 53.1 Å². The summed E-state index contributed by atoms with van der Waals surface area (Å²) in [6.07, 6.45) is 1.73. The van der Waals surface area contributed by atoms with Crippen molar-refractivity contribution in [2.75, 3.05) is 7.11 Å². The van der Waals surface area contributed by atoms with Gasteiger partial charge in [-0.1, -0.05) is 24.3 Å². The summed E-state index contributed by atoms with van der Waals surface area (Å²) in [5.41, 5.74) is 4.69. The van der Waals surface area contributed by atoms with Gasteiger partial charge in [0.1, 0.15) is 0 Å². The van der Waals surface area contributed by atoms with E-state index < -0.39 is 0 Å². The van der Waals surface area contributed by atoms with Gasteiger partial charge >= 0.3 is 0 Å². The lowest BCUT2D eigenvalue weighted by Crippen LogP contribution is -2.15. The monoisotopic (exact) mass is 245 g/mol. The molecule has 0 saturated heterocycles. The molecule has 0 aliphatic heterocycles. The van der Waals surface area contributed by atoms with Crippen molar-refractivity contribution in [2.45, 2.75) is 26.6 Å². The first kappa shape index (κ1) is 12.8. The van der Waals surface area contributed by atoms with Crippen LogP contribution < -0.4 is 5.32 Å². The van der Waals surface area contributed by atoms with E-state index in [0.29, 0.717) is 6.61 Å². The van der Waals surface area contributed by atoms with E-state index in [1.54, 1.807) is 13.4 Å². The van der Waals surface area contributed by atoms with Gasteiger partial charge in [-0.25, -0.2) is 4.98 Å². The second-order valence-electron chi connectivity index (χ2n) is 4.28. The predicted octanol–water partition coefficient (Wildman–Crippen LogP) is 2.15. The molecule has 1 heterocycles. The zero-order chi connectivity index (χ0) is 12.8. The number of ether oxygens (including phenoxy) is 1. The maximum absolute atomic E-state index is 5.19. The fourth-order valence-electron chi connectivity index (χ4n) is 1.91. The van der Waals surface area contributed by atoms with Gasteiger partial charge in [0.05, 0.1) is 18.6 Å². The molecule has 0 bridgehead atoms. The fourth-order valence-corrected chi connectivity index (χ4v) is 1.91. The maximum Gasteiger partial charge on any atom is 0.0925 e. The number of aryl methyl sites for hydroxylation is 1. The van der Waals surface area contributed by atoms with Crippen LogP contribution in [0.25, 0.3) is 0 Å². The highest BCUT2D eigenvalue weighted by atomic mass is 16.5. The molecule has 2 rings (SSSR count). The number of nitrogens with zero attached hydrogens (tertiary/aromatic N) is 1. The molecule has 96 valence electrons. The summed E-state index contributed by atoms with van der Waals surface area (Å²) in [4.78, 5) is 7.34. The molecular weight excluding hydrogens is 226 g/mol. The largest absolute Gasteiger partial charge is 0.380 e. The van der Waals surface area contributed by atoms with Gasteiger partial charge in [-0.3, -0.25) is 0 Å². The summed E-state index contributed by atoms with van der Waals surface area (Å²) in [7, 11) is 1.72. The number of methoxy groups -OCH3 is 1. The number of nitrogens with one attached hydrogen (secondary N) is 2. The van der Waals surface area contributed by atoms with E-state index in [2.05, 4.69) is 33.5 Å². The zero-order valence-electron chi connectivity index (χ0n) is 10.9. The number of aromatic amines is 1. The topological polar surface area (TPSA) is 49.9 Å². The highest BCUT2D eigenvalue weighted by molar-refractivity contribution is 5.26. The van der Waals surface area contributed by atoms with E-state index in [9.17, 15) is 0 Å². The average molecular weight is 245 g/mol. The number of aromatic nitrogens is 2. The second kappa shape index (κ2) is 6.33. The lowest BCUT2D eigenvalue weighted by atomic mass is 10.1. The summed E-state index contributed by atoms with van der Waals surface area (Å²) >= 11 is 0. The first-order chi connectivity index (χ1) is 8.81. The van der Waals surface area contributed by atoms with Gasteiger partial charge in [0.25, 0.3) is 0 Å². The summed E-state index contributed by atoms with van der Waals surface area (Å²) in [5, 5.41) is 3.41. The van der Waals surface area contributed by atoms with Crippen LogP contribution in [-0.2, 0) is 24.4 Å². The van der Waals surface area contributed by atoms with E-state index >= 15 is 0 Å². The highest BCUT2D eigenvalue weighted by Crippen LogP contribution is 2.10. The Balaban J connectivity index is 1.92. The minimum Gasteiger partial charge on any atom is -0.380 e. The number of benzene rings is 1. The zero-order valence-corrected chi connectivity index (χ0v) is 10.9. The Bertz CT molecular complexity index is 493. The Hall–Kier alpha value is -1.65. The van der Waals surface area contributed by atoms with Crippen LogP contribution in [0.4, 0.5) is 0 Å². The molecule has 2 N–H and O–H groups in total. The summed E-state index contributed by atoms with van der Waals surface area (Å²) in [5.74, 6) is 0. The number of hydrogen-bond acceptors (Lipinski definition) is 3. The Morgan fingerprint density at radius 1 is 1.22 bits per heavy atom. The van der Waals surface area contributed by atoms with Crippen molar-refractivity contribution in [1.29, 1.82) is 0 Å². The van der Waals surface area contributed by atoms with E-state index in [0.717, 1.165) is 24.5 Å². The van der Waals surface area contributed by atoms with E-state index in [4.69, 9.17) is 4.74 Å². The molecule has 0 atom stereocenters. The SMILES string of the molecule is COCc1ccccc1CNCc1nc[nH]c1C. The fraction of sp³-hybridized carbons (Fsp3) is 0.357. The number of H-pyrrole nitrogens is 1. The van der Waals surface area contributed by atoms with E-state index in [-0.39, 0.29) is 0 Å². The standard InChI is InChI=1S/C14H19N3O/c1-11-14(17-10-16-11)8-15-7-12-5-3-4-6-13(12)9-18-2/h3-6,10,15H,7-9H2,1-2H3,(H,16,17). The highest BCUT2D eigenvalue weighted by Gasteiger charge is 2.03. The van der Waals surface area contributed by atoms with Crippen LogP contribution >= 0.6 is 0 Å². The molecule has 0 saturated carbocycles. The molecule has 0 aliphatic carbocycles. The van der Waals surface area contributed by atoms with Crippen LogP contribution in [0.5, 0.6) is 0 Å². The van der Waals surface area contributed by atoms with Gasteiger partial charge in [-0.05, 0) is 18.1 Å². The third-order valence-electron chi connectivity index (χ3n) is 2.96. The van der Waals surface area contributed by atoms with Crippen molar-refractivity contribution in [3.63, 3.8) is 0 Å². The molecule has 0 unspecified atom stereocenters. The van der Waals surface area contributed by atoms with Gasteiger partial charge in [0.15, 0.2) is 0 Å². The van der Waals surface area contributed by atoms with Crippen LogP contribution in [0.2, 0.25) is 0 Å². The first-order valence-corrected chi connectivity index (χ1v) is 6.06. The van der Waals surface area contributed by atoms with E-state index in [1.807, 2.05) is 13.0 Å². The van der Waals surface area contributed by atoms with Gasteiger partial charge in [-0.15, -0.1) is 0 Å². The predicted molar refractivity (Wildman–Crippen MR) is 71.0 cm³/mol. The van der Waals surface area contributed by atoms with Crippen molar-refractivity contribution < 1.29 is 4.74 Å². The Kier molecular flexibility index (Phi) is 4.50. The van der Waals surface area contributed by atoms with Crippen molar-refractivity contribution in [1.82, 2.24) is 15.3 Å². The molecule has 0 radical (unpaired) electrons. The number of imidazole rings is 1. The third-order valence-corrected chi connectivity index (χ3v) is 2.96. The van der Waals surface area contributed by atoms with Crippen LogP contribution in [0, 0.1) is 6.92 Å². The van der Waals surface area contributed by atoms with Crippen LogP contribution in [0.15, 0.2) is 30.6 Å². The van der Waals surface area contributed by atoms with Gasteiger partial charge in [-0.2, -0.15) is 0 Å². The minimum atomic E-state index is 0.652. The molecule has 0 fully saturated rings. The summed E-state index contributed by atoms with van der Waals surface area (Å²) in [6, 6.07) is 8.31. The van der Waals surface area contributed by atoms with Crippen LogP contribution in [-0.4, -0.2) is 17.1 Å². The molecular formula is C14H19N3O. The van der Waals surface area contributed by atoms with Crippen LogP contribution in [0.3, 0.4) is 0 Å². The Morgan fingerprint density at radius 2 is 2.00 bits per heavy atom. The van der Waals surface area contributed by atoms with Gasteiger partial charge in [0, 0.05) is 25.9 Å². The lowest BCUT2D eigenvalue weighted by Gasteiger charge is -2.09. The molecule has 0 amide bonds. The van der Waals surface area contributed by atoms with E-state index in [1.165, 1.54) is 11.1 Å². The van der Waals surface area contributed by atoms with Crippen molar-refractivity contribution >= 4 is 0 Å². The summed E-state index contributed by atoms with van der Waals surface area (Å²) < 4.78 is 5.19. The molecule has 0 aliphatic rings. The molecule has 4 nitrogen and oxygen atoms in total. The molecule has 1 aromatic carbocycles. The lowest BCUT2D eigenvalue weighted by molar-refractivity contribution is 0.184. The van der Waals surface area contributed by atoms with Gasteiger partial charge < -0.3 is 15.0 Å². The minimum absolute atomic E-state index is 0.652. The molecule has 2 aromatic rings. The molecule has 4 heteroatoms. The average Bonchev–Trinajstić information content (AvgIpc) is 2.78. The Morgan fingerprint density at radius 3 is 2.67 bits per heavy atom. The maximum atomic E-state index is 5.19. The van der Waals surface area contributed by atoms with Crippen molar-refractivity contribution in [3.8, 4) is 0 Å². The molecule has 0 spiro atoms. The number of rotatable bonds is 6. The second-order valence-corrected chi connectivity index (χ2v) is 4.28. The van der Waals surface area contributed by atoms with Gasteiger partial charge in [0.2, 0.25) is 0 Å².